The summed E-state index contributed by atoms with van der Waals surface area (Å²) in [6.07, 6.45) is 2.24. The summed E-state index contributed by atoms with van der Waals surface area (Å²) in [4.78, 5) is 7.44. The Morgan fingerprint density at radius 2 is 1.96 bits per heavy atom. The van der Waals surface area contributed by atoms with E-state index in [1.54, 1.807) is 30.6 Å². The Morgan fingerprint density at radius 1 is 1.17 bits per heavy atom. The second-order valence-corrected chi connectivity index (χ2v) is 7.07. The number of sulfonamides is 1. The van der Waals surface area contributed by atoms with Crippen molar-refractivity contribution in [3.8, 4) is 5.75 Å². The van der Waals surface area contributed by atoms with Crippen molar-refractivity contribution in [2.24, 2.45) is 0 Å². The van der Waals surface area contributed by atoms with Crippen LogP contribution in [0.4, 0.5) is 0 Å². The van der Waals surface area contributed by atoms with Crippen molar-refractivity contribution < 1.29 is 13.2 Å². The number of H-pyrrole nitrogens is 1. The summed E-state index contributed by atoms with van der Waals surface area (Å²) >= 11 is 0. The largest absolute Gasteiger partial charge is 0.494 e. The van der Waals surface area contributed by atoms with Gasteiger partial charge in [0.2, 0.25) is 10.0 Å². The molecule has 0 spiro atoms. The second-order valence-electron chi connectivity index (χ2n) is 5.31. The van der Waals surface area contributed by atoms with Gasteiger partial charge >= 0.3 is 0 Å². The molecule has 0 aliphatic heterocycles. The average Bonchev–Trinajstić information content (AvgIpc) is 3.03. The molecule has 2 N–H and O–H groups in total. The first-order chi connectivity index (χ1) is 11.6. The molecule has 1 heterocycles. The van der Waals surface area contributed by atoms with Crippen LogP contribution >= 0.6 is 0 Å². The van der Waals surface area contributed by atoms with Gasteiger partial charge < -0.3 is 9.72 Å². The highest BCUT2D eigenvalue weighted by Gasteiger charge is 2.13. The van der Waals surface area contributed by atoms with Gasteiger partial charge in [-0.3, -0.25) is 0 Å². The van der Waals surface area contributed by atoms with Crippen LogP contribution in [0.2, 0.25) is 0 Å². The van der Waals surface area contributed by atoms with Crippen LogP contribution in [0.1, 0.15) is 12.5 Å². The fourth-order valence-electron chi connectivity index (χ4n) is 2.43. The number of benzene rings is 2. The van der Waals surface area contributed by atoms with Crippen molar-refractivity contribution in [2.75, 3.05) is 13.2 Å². The molecule has 3 aromatic rings. The Hall–Kier alpha value is -2.38. The zero-order chi connectivity index (χ0) is 17.0. The van der Waals surface area contributed by atoms with E-state index < -0.39 is 10.0 Å². The van der Waals surface area contributed by atoms with Crippen LogP contribution in [0, 0.1) is 0 Å². The summed E-state index contributed by atoms with van der Waals surface area (Å²) in [6.45, 7) is 2.76. The number of nitrogens with zero attached hydrogens (tertiary/aromatic N) is 1. The molecule has 2 aromatic carbocycles. The van der Waals surface area contributed by atoms with Crippen molar-refractivity contribution >= 4 is 21.1 Å². The molecular formula is C17H19N3O3S. The molecule has 0 fully saturated rings. The molecule has 0 radical (unpaired) electrons. The number of aromatic nitrogens is 2. The number of fused-ring (bicyclic) bond motifs is 1. The smallest absolute Gasteiger partial charge is 0.240 e. The van der Waals surface area contributed by atoms with E-state index >= 15 is 0 Å². The Labute approximate surface area is 140 Å². The van der Waals surface area contributed by atoms with Gasteiger partial charge in [-0.15, -0.1) is 0 Å². The van der Waals surface area contributed by atoms with Crippen molar-refractivity contribution in [1.29, 1.82) is 0 Å². The standard InChI is InChI=1S/C17H19N3O3S/c1-2-23-14-4-6-15(7-5-14)24(21,22)20-10-9-13-3-8-16-17(11-13)19-12-18-16/h3-8,11-12,20H,2,9-10H2,1H3,(H,18,19). The van der Waals surface area contributed by atoms with Crippen LogP contribution in [0.25, 0.3) is 11.0 Å². The van der Waals surface area contributed by atoms with Crippen LogP contribution < -0.4 is 9.46 Å². The molecule has 24 heavy (non-hydrogen) atoms. The fraction of sp³-hybridized carbons (Fsp3) is 0.235. The summed E-state index contributed by atoms with van der Waals surface area (Å²) < 4.78 is 32.5. The number of hydrogen-bond acceptors (Lipinski definition) is 4. The van der Waals surface area contributed by atoms with E-state index in [9.17, 15) is 8.42 Å². The Morgan fingerprint density at radius 3 is 2.71 bits per heavy atom. The van der Waals surface area contributed by atoms with E-state index in [4.69, 9.17) is 4.74 Å². The van der Waals surface area contributed by atoms with Crippen molar-refractivity contribution in [1.82, 2.24) is 14.7 Å². The SMILES string of the molecule is CCOc1ccc(S(=O)(=O)NCCc2ccc3nc[nH]c3c2)cc1. The van der Waals surface area contributed by atoms with Crippen LogP contribution in [0.3, 0.4) is 0 Å². The normalized spacial score (nSPS) is 11.7. The molecule has 3 rings (SSSR count). The third-order valence-corrected chi connectivity index (χ3v) is 5.11. The van der Waals surface area contributed by atoms with Gasteiger partial charge in [0.25, 0.3) is 0 Å². The first-order valence-corrected chi connectivity index (χ1v) is 9.21. The first kappa shape index (κ1) is 16.5. The maximum absolute atomic E-state index is 12.3. The molecule has 0 unspecified atom stereocenters. The van der Waals surface area contributed by atoms with Crippen molar-refractivity contribution in [3.05, 3.63) is 54.4 Å². The molecule has 0 aliphatic rings. The summed E-state index contributed by atoms with van der Waals surface area (Å²) in [7, 11) is -3.52. The number of aromatic amines is 1. The molecule has 7 heteroatoms. The summed E-state index contributed by atoms with van der Waals surface area (Å²) in [5.74, 6) is 0.657. The number of nitrogens with one attached hydrogen (secondary N) is 2. The summed E-state index contributed by atoms with van der Waals surface area (Å²) in [5.41, 5.74) is 2.89. The lowest BCUT2D eigenvalue weighted by Crippen LogP contribution is -2.25. The van der Waals surface area contributed by atoms with Gasteiger partial charge in [0, 0.05) is 6.54 Å². The van der Waals surface area contributed by atoms with Gasteiger partial charge in [-0.1, -0.05) is 6.07 Å². The quantitative estimate of drug-likeness (QED) is 0.689. The highest BCUT2D eigenvalue weighted by molar-refractivity contribution is 7.89. The molecule has 0 saturated carbocycles. The molecule has 0 aliphatic carbocycles. The first-order valence-electron chi connectivity index (χ1n) is 7.73. The van der Waals surface area contributed by atoms with Crippen LogP contribution in [-0.4, -0.2) is 31.5 Å². The number of rotatable bonds is 7. The third-order valence-electron chi connectivity index (χ3n) is 3.64. The zero-order valence-corrected chi connectivity index (χ0v) is 14.1. The molecule has 0 bridgehead atoms. The lowest BCUT2D eigenvalue weighted by atomic mass is 10.1. The van der Waals surface area contributed by atoms with Crippen LogP contribution in [-0.2, 0) is 16.4 Å². The lowest BCUT2D eigenvalue weighted by molar-refractivity contribution is 0.340. The van der Waals surface area contributed by atoms with Gasteiger partial charge in [0.1, 0.15) is 5.75 Å². The van der Waals surface area contributed by atoms with E-state index in [1.807, 2.05) is 25.1 Å². The predicted molar refractivity (Wildman–Crippen MR) is 92.6 cm³/mol. The molecule has 0 amide bonds. The topological polar surface area (TPSA) is 84.1 Å². The van der Waals surface area contributed by atoms with Crippen LogP contribution in [0.5, 0.6) is 5.75 Å². The van der Waals surface area contributed by atoms with E-state index in [-0.39, 0.29) is 4.90 Å². The van der Waals surface area contributed by atoms with Gasteiger partial charge in [-0.2, -0.15) is 0 Å². The minimum Gasteiger partial charge on any atom is -0.494 e. The molecule has 126 valence electrons. The lowest BCUT2D eigenvalue weighted by Gasteiger charge is -2.08. The molecule has 6 nitrogen and oxygen atoms in total. The van der Waals surface area contributed by atoms with Crippen molar-refractivity contribution in [3.63, 3.8) is 0 Å². The van der Waals surface area contributed by atoms with E-state index in [0.29, 0.717) is 25.3 Å². The second kappa shape index (κ2) is 7.02. The highest BCUT2D eigenvalue weighted by Crippen LogP contribution is 2.16. The zero-order valence-electron chi connectivity index (χ0n) is 13.3. The van der Waals surface area contributed by atoms with Crippen LogP contribution in [0.15, 0.2) is 53.7 Å². The maximum Gasteiger partial charge on any atom is 0.240 e. The Kier molecular flexibility index (Phi) is 4.82. The number of ether oxygens (including phenoxy) is 1. The molecule has 1 aromatic heterocycles. The Balaban J connectivity index is 1.61. The Bertz CT molecular complexity index is 918. The van der Waals surface area contributed by atoms with E-state index in [0.717, 1.165) is 16.6 Å². The van der Waals surface area contributed by atoms with Gasteiger partial charge in [0.15, 0.2) is 0 Å². The third kappa shape index (κ3) is 3.74. The summed E-state index contributed by atoms with van der Waals surface area (Å²) in [6, 6.07) is 12.3. The van der Waals surface area contributed by atoms with E-state index in [1.165, 1.54) is 0 Å². The molecular weight excluding hydrogens is 326 g/mol. The minimum absolute atomic E-state index is 0.231. The highest BCUT2D eigenvalue weighted by atomic mass is 32.2. The predicted octanol–water partition coefficient (Wildman–Crippen LogP) is 2.48. The monoisotopic (exact) mass is 345 g/mol. The number of imidazole rings is 1. The van der Waals surface area contributed by atoms with Gasteiger partial charge in [0.05, 0.1) is 28.9 Å². The van der Waals surface area contributed by atoms with Crippen molar-refractivity contribution in [2.45, 2.75) is 18.2 Å². The van der Waals surface area contributed by atoms with E-state index in [2.05, 4.69) is 14.7 Å². The average molecular weight is 345 g/mol. The maximum atomic E-state index is 12.3. The minimum atomic E-state index is -3.52. The van der Waals surface area contributed by atoms with Gasteiger partial charge in [-0.25, -0.2) is 18.1 Å². The number of hydrogen-bond donors (Lipinski definition) is 2. The molecule has 0 saturated heterocycles. The molecule has 0 atom stereocenters. The van der Waals surface area contributed by atoms with Gasteiger partial charge in [-0.05, 0) is 55.3 Å². The fourth-order valence-corrected chi connectivity index (χ4v) is 3.46. The summed E-state index contributed by atoms with van der Waals surface area (Å²) in [5, 5.41) is 0.